The first-order chi connectivity index (χ1) is 8.96. The molecule has 1 aromatic carbocycles. The number of methoxy groups -OCH3 is 2. The molecule has 0 aliphatic heterocycles. The second kappa shape index (κ2) is 7.15. The third-order valence-electron chi connectivity index (χ3n) is 3.38. The summed E-state index contributed by atoms with van der Waals surface area (Å²) < 4.78 is 11.8. The van der Waals surface area contributed by atoms with Crippen LogP contribution in [0.15, 0.2) is 16.6 Å². The van der Waals surface area contributed by atoms with E-state index in [0.717, 1.165) is 35.5 Å². The molecule has 0 fully saturated rings. The zero-order valence-electron chi connectivity index (χ0n) is 12.5. The van der Waals surface area contributed by atoms with Crippen LogP contribution in [0.1, 0.15) is 32.8 Å². The third-order valence-corrected chi connectivity index (χ3v) is 4.04. The SMILES string of the molecule is CCNCCC(C)(C)c1cc(OC)c(OC)cc1Br. The van der Waals surface area contributed by atoms with Gasteiger partial charge in [-0.1, -0.05) is 36.7 Å². The van der Waals surface area contributed by atoms with Crippen molar-refractivity contribution in [2.75, 3.05) is 27.3 Å². The van der Waals surface area contributed by atoms with Gasteiger partial charge in [0.05, 0.1) is 14.2 Å². The Morgan fingerprint density at radius 2 is 1.74 bits per heavy atom. The Balaban J connectivity index is 3.04. The molecule has 1 aromatic rings. The van der Waals surface area contributed by atoms with E-state index >= 15 is 0 Å². The number of rotatable bonds is 7. The Morgan fingerprint density at radius 3 is 2.26 bits per heavy atom. The molecule has 1 N–H and O–H groups in total. The summed E-state index contributed by atoms with van der Waals surface area (Å²) in [5.74, 6) is 1.53. The molecule has 0 atom stereocenters. The quantitative estimate of drug-likeness (QED) is 0.773. The number of benzene rings is 1. The van der Waals surface area contributed by atoms with Crippen molar-refractivity contribution in [2.45, 2.75) is 32.6 Å². The Hall–Kier alpha value is -0.740. The van der Waals surface area contributed by atoms with E-state index in [0.29, 0.717) is 0 Å². The lowest BCUT2D eigenvalue weighted by Crippen LogP contribution is -2.25. The highest BCUT2D eigenvalue weighted by molar-refractivity contribution is 9.10. The van der Waals surface area contributed by atoms with Crippen LogP contribution in [-0.4, -0.2) is 27.3 Å². The minimum absolute atomic E-state index is 0.0700. The van der Waals surface area contributed by atoms with E-state index in [4.69, 9.17) is 9.47 Å². The first-order valence-electron chi connectivity index (χ1n) is 6.59. The van der Waals surface area contributed by atoms with Crippen molar-refractivity contribution in [3.05, 3.63) is 22.2 Å². The molecule has 0 radical (unpaired) electrons. The zero-order chi connectivity index (χ0) is 14.5. The first kappa shape index (κ1) is 16.3. The molecular weight excluding hydrogens is 306 g/mol. The molecule has 1 rings (SSSR count). The minimum Gasteiger partial charge on any atom is -0.493 e. The van der Waals surface area contributed by atoms with E-state index < -0.39 is 0 Å². The lowest BCUT2D eigenvalue weighted by atomic mass is 9.81. The normalized spacial score (nSPS) is 11.5. The van der Waals surface area contributed by atoms with Crippen LogP contribution in [0.5, 0.6) is 11.5 Å². The second-order valence-corrected chi connectivity index (χ2v) is 6.03. The van der Waals surface area contributed by atoms with E-state index in [2.05, 4.69) is 48.1 Å². The lowest BCUT2D eigenvalue weighted by Gasteiger charge is -2.27. The molecule has 0 aliphatic carbocycles. The molecule has 0 saturated carbocycles. The van der Waals surface area contributed by atoms with Gasteiger partial charge in [0.1, 0.15) is 0 Å². The summed E-state index contributed by atoms with van der Waals surface area (Å²) in [6.45, 7) is 8.62. The molecule has 108 valence electrons. The van der Waals surface area contributed by atoms with E-state index in [1.807, 2.05) is 6.07 Å². The largest absolute Gasteiger partial charge is 0.493 e. The molecule has 4 heteroatoms. The van der Waals surface area contributed by atoms with E-state index in [1.54, 1.807) is 14.2 Å². The molecule has 0 saturated heterocycles. The van der Waals surface area contributed by atoms with Gasteiger partial charge in [-0.25, -0.2) is 0 Å². The van der Waals surface area contributed by atoms with Crippen molar-refractivity contribution in [3.8, 4) is 11.5 Å². The number of hydrogen-bond acceptors (Lipinski definition) is 3. The fourth-order valence-electron chi connectivity index (χ4n) is 2.09. The first-order valence-corrected chi connectivity index (χ1v) is 7.38. The number of hydrogen-bond donors (Lipinski definition) is 1. The van der Waals surface area contributed by atoms with Gasteiger partial charge in [0.2, 0.25) is 0 Å². The lowest BCUT2D eigenvalue weighted by molar-refractivity contribution is 0.352. The molecule has 0 heterocycles. The molecule has 19 heavy (non-hydrogen) atoms. The molecule has 0 unspecified atom stereocenters. The highest BCUT2D eigenvalue weighted by Crippen LogP contribution is 2.40. The Kier molecular flexibility index (Phi) is 6.14. The van der Waals surface area contributed by atoms with Crippen LogP contribution in [0.3, 0.4) is 0 Å². The molecule has 0 amide bonds. The molecule has 0 aliphatic rings. The van der Waals surface area contributed by atoms with Gasteiger partial charge in [-0.2, -0.15) is 0 Å². The average Bonchev–Trinajstić information content (AvgIpc) is 2.38. The molecule has 3 nitrogen and oxygen atoms in total. The summed E-state index contributed by atoms with van der Waals surface area (Å²) in [5.41, 5.74) is 1.31. The predicted molar refractivity (Wildman–Crippen MR) is 83.4 cm³/mol. The maximum Gasteiger partial charge on any atom is 0.161 e. The van der Waals surface area contributed by atoms with Crippen LogP contribution < -0.4 is 14.8 Å². The van der Waals surface area contributed by atoms with E-state index in [-0.39, 0.29) is 5.41 Å². The fourth-order valence-corrected chi connectivity index (χ4v) is 2.94. The fraction of sp³-hybridized carbons (Fsp3) is 0.600. The van der Waals surface area contributed by atoms with Gasteiger partial charge in [-0.3, -0.25) is 0 Å². The number of halogens is 1. The third kappa shape index (κ3) is 4.11. The Labute approximate surface area is 124 Å². The van der Waals surface area contributed by atoms with Gasteiger partial charge in [0.15, 0.2) is 11.5 Å². The summed E-state index contributed by atoms with van der Waals surface area (Å²) in [6, 6.07) is 4.04. The van der Waals surface area contributed by atoms with Gasteiger partial charge < -0.3 is 14.8 Å². The van der Waals surface area contributed by atoms with Crippen molar-refractivity contribution >= 4 is 15.9 Å². The average molecular weight is 330 g/mol. The van der Waals surface area contributed by atoms with Crippen molar-refractivity contribution in [2.24, 2.45) is 0 Å². The number of nitrogens with one attached hydrogen (secondary N) is 1. The van der Waals surface area contributed by atoms with Crippen molar-refractivity contribution in [3.63, 3.8) is 0 Å². The monoisotopic (exact) mass is 329 g/mol. The van der Waals surface area contributed by atoms with Crippen LogP contribution in [0.4, 0.5) is 0 Å². The minimum atomic E-state index is 0.0700. The van der Waals surface area contributed by atoms with Crippen LogP contribution in [-0.2, 0) is 5.41 Å². The maximum absolute atomic E-state index is 5.39. The zero-order valence-corrected chi connectivity index (χ0v) is 14.1. The highest BCUT2D eigenvalue weighted by Gasteiger charge is 2.24. The topological polar surface area (TPSA) is 30.5 Å². The van der Waals surface area contributed by atoms with Gasteiger partial charge in [-0.15, -0.1) is 0 Å². The van der Waals surface area contributed by atoms with E-state index in [9.17, 15) is 0 Å². The van der Waals surface area contributed by atoms with Gasteiger partial charge >= 0.3 is 0 Å². The van der Waals surface area contributed by atoms with Gasteiger partial charge in [0, 0.05) is 4.47 Å². The molecule has 0 aromatic heterocycles. The van der Waals surface area contributed by atoms with Gasteiger partial charge in [-0.05, 0) is 42.6 Å². The smallest absolute Gasteiger partial charge is 0.161 e. The number of ether oxygens (including phenoxy) is 2. The van der Waals surface area contributed by atoms with Gasteiger partial charge in [0.25, 0.3) is 0 Å². The standard InChI is InChI=1S/C15H24BrNO2/c1-6-17-8-7-15(2,3)11-9-13(18-4)14(19-5)10-12(11)16/h9-10,17H,6-8H2,1-5H3. The summed E-state index contributed by atoms with van der Waals surface area (Å²) in [5, 5.41) is 3.37. The maximum atomic E-state index is 5.39. The second-order valence-electron chi connectivity index (χ2n) is 5.17. The Morgan fingerprint density at radius 1 is 1.16 bits per heavy atom. The van der Waals surface area contributed by atoms with Crippen LogP contribution in [0, 0.1) is 0 Å². The van der Waals surface area contributed by atoms with Crippen LogP contribution in [0.2, 0.25) is 0 Å². The van der Waals surface area contributed by atoms with Crippen molar-refractivity contribution in [1.29, 1.82) is 0 Å². The highest BCUT2D eigenvalue weighted by atomic mass is 79.9. The van der Waals surface area contributed by atoms with Crippen molar-refractivity contribution < 1.29 is 9.47 Å². The molecule has 0 spiro atoms. The summed E-state index contributed by atoms with van der Waals surface area (Å²) in [4.78, 5) is 0. The summed E-state index contributed by atoms with van der Waals surface area (Å²) in [7, 11) is 3.32. The Bertz CT molecular complexity index is 419. The van der Waals surface area contributed by atoms with Crippen LogP contribution in [0.25, 0.3) is 0 Å². The molecule has 0 bridgehead atoms. The summed E-state index contributed by atoms with van der Waals surface area (Å²) >= 11 is 3.64. The van der Waals surface area contributed by atoms with Crippen LogP contribution >= 0.6 is 15.9 Å². The predicted octanol–water partition coefficient (Wildman–Crippen LogP) is 3.74. The van der Waals surface area contributed by atoms with Crippen molar-refractivity contribution in [1.82, 2.24) is 5.32 Å². The molecular formula is C15H24BrNO2. The summed E-state index contributed by atoms with van der Waals surface area (Å²) in [6.07, 6.45) is 1.06. The van der Waals surface area contributed by atoms with E-state index in [1.165, 1.54) is 5.56 Å².